The lowest BCUT2D eigenvalue weighted by atomic mass is 10.3. The fourth-order valence-electron chi connectivity index (χ4n) is 2.23. The first-order valence-electron chi connectivity index (χ1n) is 6.36. The molecule has 0 aromatic carbocycles. The topological polar surface area (TPSA) is 41.4 Å². The van der Waals surface area contributed by atoms with E-state index in [1.54, 1.807) is 0 Å². The van der Waals surface area contributed by atoms with Crippen molar-refractivity contribution in [2.45, 2.75) is 19.9 Å². The van der Waals surface area contributed by atoms with E-state index in [1.807, 2.05) is 17.3 Å². The molecule has 1 saturated heterocycles. The summed E-state index contributed by atoms with van der Waals surface area (Å²) < 4.78 is 2.12. The summed E-state index contributed by atoms with van der Waals surface area (Å²) in [4.78, 5) is 20.2. The zero-order valence-corrected chi connectivity index (χ0v) is 11.4. The maximum atomic E-state index is 11.7. The van der Waals surface area contributed by atoms with Gasteiger partial charge in [0.2, 0.25) is 11.9 Å². The number of halogens is 1. The Kier molecular flexibility index (Phi) is 4.47. The Hall–Kier alpha value is -1.23. The van der Waals surface area contributed by atoms with Crippen LogP contribution >= 0.6 is 11.6 Å². The Bertz CT molecular complexity index is 399. The maximum Gasteiger partial charge on any atom is 0.223 e. The number of piperazine rings is 1. The molecule has 0 spiro atoms. The Balaban J connectivity index is 1.92. The normalized spacial score (nSPS) is 16.1. The van der Waals surface area contributed by atoms with Crippen LogP contribution in [0.3, 0.4) is 0 Å². The number of carbonyl (C=O) groups excluding carboxylic acids is 1. The van der Waals surface area contributed by atoms with E-state index in [0.29, 0.717) is 12.3 Å². The number of aromatic nitrogens is 2. The van der Waals surface area contributed by atoms with Gasteiger partial charge in [-0.05, 0) is 6.92 Å². The SMILES string of the molecule is CCn1ccnc1N1CCN(C(=O)CCCl)CC1. The molecule has 0 aliphatic carbocycles. The van der Waals surface area contributed by atoms with Crippen molar-refractivity contribution in [3.63, 3.8) is 0 Å². The molecule has 2 rings (SSSR count). The molecule has 0 N–H and O–H groups in total. The van der Waals surface area contributed by atoms with Crippen molar-refractivity contribution in [2.75, 3.05) is 37.0 Å². The van der Waals surface area contributed by atoms with E-state index in [0.717, 1.165) is 38.7 Å². The fraction of sp³-hybridized carbons (Fsp3) is 0.667. The molecule has 0 atom stereocenters. The molecule has 0 saturated carbocycles. The monoisotopic (exact) mass is 270 g/mol. The molecule has 1 amide bonds. The summed E-state index contributed by atoms with van der Waals surface area (Å²) in [5, 5.41) is 0. The summed E-state index contributed by atoms with van der Waals surface area (Å²) in [5.41, 5.74) is 0. The van der Waals surface area contributed by atoms with Gasteiger partial charge in [-0.25, -0.2) is 4.98 Å². The molecule has 1 aromatic rings. The summed E-state index contributed by atoms with van der Waals surface area (Å²) in [7, 11) is 0. The summed E-state index contributed by atoms with van der Waals surface area (Å²) >= 11 is 5.59. The third-order valence-electron chi connectivity index (χ3n) is 3.26. The van der Waals surface area contributed by atoms with Crippen molar-refractivity contribution in [1.82, 2.24) is 14.5 Å². The highest BCUT2D eigenvalue weighted by Crippen LogP contribution is 2.14. The molecule has 1 fully saturated rings. The number of aryl methyl sites for hydroxylation is 1. The summed E-state index contributed by atoms with van der Waals surface area (Å²) in [6, 6.07) is 0. The molecular weight excluding hydrogens is 252 g/mol. The molecule has 0 radical (unpaired) electrons. The standard InChI is InChI=1S/C12H19ClN4O/c1-2-15-6-5-14-12(15)17-9-7-16(8-10-17)11(18)3-4-13/h5-6H,2-4,7-10H2,1H3. The first-order chi connectivity index (χ1) is 8.76. The second kappa shape index (κ2) is 6.09. The minimum Gasteiger partial charge on any atom is -0.339 e. The van der Waals surface area contributed by atoms with Gasteiger partial charge in [0, 0.05) is 57.4 Å². The maximum absolute atomic E-state index is 11.7. The van der Waals surface area contributed by atoms with E-state index in [9.17, 15) is 4.79 Å². The Morgan fingerprint density at radius 3 is 2.72 bits per heavy atom. The van der Waals surface area contributed by atoms with Gasteiger partial charge in [0.15, 0.2) is 0 Å². The van der Waals surface area contributed by atoms with E-state index < -0.39 is 0 Å². The molecule has 100 valence electrons. The molecule has 1 aromatic heterocycles. The Morgan fingerprint density at radius 1 is 1.39 bits per heavy atom. The third kappa shape index (κ3) is 2.77. The van der Waals surface area contributed by atoms with Gasteiger partial charge in [0.25, 0.3) is 0 Å². The van der Waals surface area contributed by atoms with Crippen molar-refractivity contribution in [3.8, 4) is 0 Å². The highest BCUT2D eigenvalue weighted by atomic mass is 35.5. The number of hydrogen-bond donors (Lipinski definition) is 0. The molecule has 1 aliphatic heterocycles. The molecule has 18 heavy (non-hydrogen) atoms. The molecule has 0 bridgehead atoms. The fourth-order valence-corrected chi connectivity index (χ4v) is 2.39. The number of amides is 1. The van der Waals surface area contributed by atoms with E-state index in [1.165, 1.54) is 0 Å². The lowest BCUT2D eigenvalue weighted by molar-refractivity contribution is -0.131. The van der Waals surface area contributed by atoms with Crippen LogP contribution in [0.1, 0.15) is 13.3 Å². The highest BCUT2D eigenvalue weighted by Gasteiger charge is 2.22. The lowest BCUT2D eigenvalue weighted by Crippen LogP contribution is -2.49. The molecule has 5 nitrogen and oxygen atoms in total. The van der Waals surface area contributed by atoms with Crippen molar-refractivity contribution in [3.05, 3.63) is 12.4 Å². The summed E-state index contributed by atoms with van der Waals surface area (Å²) in [5.74, 6) is 1.56. The summed E-state index contributed by atoms with van der Waals surface area (Å²) in [6.45, 7) is 6.21. The van der Waals surface area contributed by atoms with Crippen LogP contribution in [0.2, 0.25) is 0 Å². The number of carbonyl (C=O) groups is 1. The zero-order chi connectivity index (χ0) is 13.0. The quantitative estimate of drug-likeness (QED) is 0.772. The Labute approximate surface area is 112 Å². The van der Waals surface area contributed by atoms with Crippen molar-refractivity contribution < 1.29 is 4.79 Å². The van der Waals surface area contributed by atoms with E-state index in [2.05, 4.69) is 21.4 Å². The van der Waals surface area contributed by atoms with Crippen LogP contribution in [-0.4, -0.2) is 52.4 Å². The largest absolute Gasteiger partial charge is 0.339 e. The van der Waals surface area contributed by atoms with Gasteiger partial charge in [0.1, 0.15) is 0 Å². The minimum atomic E-state index is 0.156. The van der Waals surface area contributed by atoms with E-state index >= 15 is 0 Å². The van der Waals surface area contributed by atoms with Crippen molar-refractivity contribution >= 4 is 23.5 Å². The van der Waals surface area contributed by atoms with Crippen LogP contribution in [0.15, 0.2) is 12.4 Å². The van der Waals surface area contributed by atoms with E-state index in [-0.39, 0.29) is 5.91 Å². The van der Waals surface area contributed by atoms with Crippen molar-refractivity contribution in [2.24, 2.45) is 0 Å². The van der Waals surface area contributed by atoms with Crippen LogP contribution < -0.4 is 4.90 Å². The first kappa shape index (κ1) is 13.2. The summed E-state index contributed by atoms with van der Waals surface area (Å²) in [6.07, 6.45) is 4.25. The Morgan fingerprint density at radius 2 is 2.11 bits per heavy atom. The average Bonchev–Trinajstić information content (AvgIpc) is 2.87. The number of anilines is 1. The van der Waals surface area contributed by atoms with Crippen LogP contribution in [0, 0.1) is 0 Å². The van der Waals surface area contributed by atoms with Gasteiger partial charge >= 0.3 is 0 Å². The van der Waals surface area contributed by atoms with Crippen LogP contribution in [-0.2, 0) is 11.3 Å². The first-order valence-corrected chi connectivity index (χ1v) is 6.89. The molecular formula is C12H19ClN4O. The number of alkyl halides is 1. The number of rotatable bonds is 4. The van der Waals surface area contributed by atoms with Gasteiger partial charge in [-0.1, -0.05) is 0 Å². The molecule has 0 unspecified atom stereocenters. The van der Waals surface area contributed by atoms with Gasteiger partial charge in [-0.3, -0.25) is 4.79 Å². The van der Waals surface area contributed by atoms with E-state index in [4.69, 9.17) is 11.6 Å². The van der Waals surface area contributed by atoms with Crippen LogP contribution in [0.4, 0.5) is 5.95 Å². The van der Waals surface area contributed by atoms with Crippen molar-refractivity contribution in [1.29, 1.82) is 0 Å². The van der Waals surface area contributed by atoms with Gasteiger partial charge in [0.05, 0.1) is 0 Å². The van der Waals surface area contributed by atoms with Gasteiger partial charge < -0.3 is 14.4 Å². The molecule has 1 aliphatic rings. The molecule has 6 heteroatoms. The van der Waals surface area contributed by atoms with Crippen LogP contribution in [0.5, 0.6) is 0 Å². The number of imidazole rings is 1. The third-order valence-corrected chi connectivity index (χ3v) is 3.45. The second-order valence-electron chi connectivity index (χ2n) is 4.32. The second-order valence-corrected chi connectivity index (χ2v) is 4.70. The lowest BCUT2D eigenvalue weighted by Gasteiger charge is -2.35. The van der Waals surface area contributed by atoms with Crippen LogP contribution in [0.25, 0.3) is 0 Å². The predicted molar refractivity (Wildman–Crippen MR) is 72.0 cm³/mol. The van der Waals surface area contributed by atoms with Gasteiger partial charge in [-0.15, -0.1) is 11.6 Å². The minimum absolute atomic E-state index is 0.156. The predicted octanol–water partition coefficient (Wildman–Crippen LogP) is 1.18. The number of nitrogens with zero attached hydrogens (tertiary/aromatic N) is 4. The molecule has 2 heterocycles. The highest BCUT2D eigenvalue weighted by molar-refractivity contribution is 6.18. The van der Waals surface area contributed by atoms with Gasteiger partial charge in [-0.2, -0.15) is 0 Å². The number of hydrogen-bond acceptors (Lipinski definition) is 3. The smallest absolute Gasteiger partial charge is 0.223 e. The average molecular weight is 271 g/mol. The zero-order valence-electron chi connectivity index (χ0n) is 10.7.